The van der Waals surface area contributed by atoms with E-state index in [1.165, 1.54) is 4.90 Å². The molecule has 11 heteroatoms. The first-order chi connectivity index (χ1) is 15.0. The van der Waals surface area contributed by atoms with E-state index in [4.69, 9.17) is 9.47 Å². The lowest BCUT2D eigenvalue weighted by molar-refractivity contribution is -0.130. The van der Waals surface area contributed by atoms with Crippen LogP contribution >= 0.6 is 24.0 Å². The van der Waals surface area contributed by atoms with Crippen molar-refractivity contribution in [3.63, 3.8) is 0 Å². The molecule has 0 aliphatic carbocycles. The number of hydrogen-bond acceptors (Lipinski definition) is 6. The van der Waals surface area contributed by atoms with Gasteiger partial charge in [0.25, 0.3) is 5.91 Å². The Morgan fingerprint density at radius 2 is 2.19 bits per heavy atom. The van der Waals surface area contributed by atoms with E-state index in [-0.39, 0.29) is 42.5 Å². The van der Waals surface area contributed by atoms with Gasteiger partial charge < -0.3 is 25.0 Å². The number of methoxy groups -OCH3 is 1. The van der Waals surface area contributed by atoms with E-state index >= 15 is 0 Å². The van der Waals surface area contributed by atoms with E-state index in [0.29, 0.717) is 18.9 Å². The number of nitrogens with one attached hydrogen (secondary N) is 2. The highest BCUT2D eigenvalue weighted by Gasteiger charge is 2.22. The van der Waals surface area contributed by atoms with Crippen LogP contribution < -0.4 is 15.4 Å². The van der Waals surface area contributed by atoms with Crippen LogP contribution in [0.2, 0.25) is 0 Å². The number of aliphatic imine (C=N–C) groups is 1. The number of aromatic nitrogens is 3. The topological polar surface area (TPSA) is 106 Å². The van der Waals surface area contributed by atoms with Crippen molar-refractivity contribution in [1.29, 1.82) is 0 Å². The zero-order valence-corrected chi connectivity index (χ0v) is 21.3. The molecule has 1 unspecified atom stereocenters. The van der Waals surface area contributed by atoms with Gasteiger partial charge in [-0.15, -0.1) is 24.0 Å². The lowest BCUT2D eigenvalue weighted by Gasteiger charge is -2.25. The molecule has 2 aromatic rings. The second kappa shape index (κ2) is 12.6. The molecule has 3 rings (SSSR count). The van der Waals surface area contributed by atoms with Gasteiger partial charge >= 0.3 is 0 Å². The Balaban J connectivity index is 0.00000363. The standard InChI is InChI=1S/C21H31N7O3.HI/c1-22-21(24-16-8-9-19-25-18(13-30-4)26-28(19)12-16)23-11-15-6-5-7-17(10-15)31-14-20(29)27(2)3;/h5-7,10,16H,8-9,11-14H2,1-4H3,(H2,22,23,24);1H. The predicted molar refractivity (Wildman–Crippen MR) is 132 cm³/mol. The number of rotatable bonds is 8. The van der Waals surface area contributed by atoms with Crippen LogP contribution in [0.25, 0.3) is 0 Å². The van der Waals surface area contributed by atoms with Crippen molar-refractivity contribution in [2.45, 2.75) is 38.6 Å². The summed E-state index contributed by atoms with van der Waals surface area (Å²) in [5.41, 5.74) is 1.03. The third kappa shape index (κ3) is 7.33. The summed E-state index contributed by atoms with van der Waals surface area (Å²) in [5, 5.41) is 11.3. The van der Waals surface area contributed by atoms with Gasteiger partial charge in [-0.1, -0.05) is 12.1 Å². The molecule has 1 aromatic carbocycles. The molecule has 32 heavy (non-hydrogen) atoms. The summed E-state index contributed by atoms with van der Waals surface area (Å²) in [7, 11) is 6.81. The number of carbonyl (C=O) groups is 1. The molecular weight excluding hydrogens is 525 g/mol. The van der Waals surface area contributed by atoms with Crippen molar-refractivity contribution in [2.75, 3.05) is 34.9 Å². The Labute approximate surface area is 205 Å². The van der Waals surface area contributed by atoms with Crippen LogP contribution in [-0.4, -0.2) is 72.4 Å². The molecule has 2 heterocycles. The highest BCUT2D eigenvalue weighted by atomic mass is 127. The fraction of sp³-hybridized carbons (Fsp3) is 0.524. The maximum Gasteiger partial charge on any atom is 0.259 e. The maximum absolute atomic E-state index is 11.7. The molecule has 1 atom stereocenters. The van der Waals surface area contributed by atoms with Crippen molar-refractivity contribution < 1.29 is 14.3 Å². The van der Waals surface area contributed by atoms with Gasteiger partial charge in [0.05, 0.1) is 6.54 Å². The van der Waals surface area contributed by atoms with Gasteiger partial charge in [-0.2, -0.15) is 5.10 Å². The molecule has 1 aliphatic rings. The van der Waals surface area contributed by atoms with Gasteiger partial charge in [-0.05, 0) is 24.1 Å². The highest BCUT2D eigenvalue weighted by Crippen LogP contribution is 2.15. The first-order valence-electron chi connectivity index (χ1n) is 10.3. The molecular formula is C21H32IN7O3. The molecule has 0 saturated heterocycles. The van der Waals surface area contributed by atoms with E-state index in [1.54, 1.807) is 28.3 Å². The normalized spacial score (nSPS) is 15.4. The van der Waals surface area contributed by atoms with Crippen LogP contribution in [0, 0.1) is 0 Å². The zero-order valence-electron chi connectivity index (χ0n) is 19.0. The summed E-state index contributed by atoms with van der Waals surface area (Å²) in [6.07, 6.45) is 1.81. The van der Waals surface area contributed by atoms with Gasteiger partial charge in [-0.3, -0.25) is 9.79 Å². The average Bonchev–Trinajstić information content (AvgIpc) is 3.17. The van der Waals surface area contributed by atoms with Crippen LogP contribution in [-0.2, 0) is 35.6 Å². The van der Waals surface area contributed by atoms with E-state index in [2.05, 4.69) is 25.7 Å². The molecule has 2 N–H and O–H groups in total. The minimum absolute atomic E-state index is 0. The zero-order chi connectivity index (χ0) is 22.2. The third-order valence-electron chi connectivity index (χ3n) is 4.96. The van der Waals surface area contributed by atoms with Crippen LogP contribution in [0.1, 0.15) is 23.6 Å². The van der Waals surface area contributed by atoms with Crippen molar-refractivity contribution in [3.8, 4) is 5.75 Å². The predicted octanol–water partition coefficient (Wildman–Crippen LogP) is 1.19. The lowest BCUT2D eigenvalue weighted by atomic mass is 10.1. The van der Waals surface area contributed by atoms with E-state index < -0.39 is 0 Å². The molecule has 0 fully saturated rings. The number of likely N-dealkylation sites (N-methyl/N-ethyl adjacent to an activating group) is 1. The average molecular weight is 557 g/mol. The summed E-state index contributed by atoms with van der Waals surface area (Å²) in [4.78, 5) is 22.1. The van der Waals surface area contributed by atoms with Gasteiger partial charge in [0.15, 0.2) is 18.4 Å². The molecule has 0 saturated carbocycles. The number of nitrogens with zero attached hydrogens (tertiary/aromatic N) is 5. The highest BCUT2D eigenvalue weighted by molar-refractivity contribution is 14.0. The van der Waals surface area contributed by atoms with Crippen LogP contribution in [0.4, 0.5) is 0 Å². The SMILES string of the molecule is CN=C(NCc1cccc(OCC(=O)N(C)C)c1)NC1CCc2nc(COC)nn2C1.I. The molecule has 0 bridgehead atoms. The number of fused-ring (bicyclic) bond motifs is 1. The number of amides is 1. The first kappa shape index (κ1) is 25.8. The lowest BCUT2D eigenvalue weighted by Crippen LogP contribution is -2.46. The second-order valence-electron chi connectivity index (χ2n) is 7.59. The molecule has 1 amide bonds. The summed E-state index contributed by atoms with van der Waals surface area (Å²) < 4.78 is 12.7. The second-order valence-corrected chi connectivity index (χ2v) is 7.59. The quantitative estimate of drug-likeness (QED) is 0.286. The molecule has 1 aromatic heterocycles. The largest absolute Gasteiger partial charge is 0.484 e. The number of aryl methyl sites for hydroxylation is 1. The fourth-order valence-electron chi connectivity index (χ4n) is 3.26. The smallest absolute Gasteiger partial charge is 0.259 e. The Morgan fingerprint density at radius 1 is 1.38 bits per heavy atom. The monoisotopic (exact) mass is 557 g/mol. The number of ether oxygens (including phenoxy) is 2. The Kier molecular flexibility index (Phi) is 10.2. The van der Waals surface area contributed by atoms with E-state index in [9.17, 15) is 4.79 Å². The molecule has 176 valence electrons. The van der Waals surface area contributed by atoms with Crippen molar-refractivity contribution >= 4 is 35.8 Å². The molecule has 0 radical (unpaired) electrons. The number of carbonyl (C=O) groups excluding carboxylic acids is 1. The van der Waals surface area contributed by atoms with Gasteiger partial charge in [-0.25, -0.2) is 9.67 Å². The molecule has 1 aliphatic heterocycles. The van der Waals surface area contributed by atoms with Gasteiger partial charge in [0, 0.05) is 47.3 Å². The Morgan fingerprint density at radius 3 is 2.91 bits per heavy atom. The third-order valence-corrected chi connectivity index (χ3v) is 4.96. The maximum atomic E-state index is 11.7. The molecule has 0 spiro atoms. The van der Waals surface area contributed by atoms with Crippen LogP contribution in [0.15, 0.2) is 29.3 Å². The van der Waals surface area contributed by atoms with Gasteiger partial charge in [0.2, 0.25) is 0 Å². The number of guanidine groups is 1. The van der Waals surface area contributed by atoms with Crippen LogP contribution in [0.5, 0.6) is 5.75 Å². The van der Waals surface area contributed by atoms with Crippen molar-refractivity contribution in [3.05, 3.63) is 41.5 Å². The summed E-state index contributed by atoms with van der Waals surface area (Å²) in [5.74, 6) is 3.02. The van der Waals surface area contributed by atoms with Crippen LogP contribution in [0.3, 0.4) is 0 Å². The Hall–Kier alpha value is -2.41. The number of hydrogen-bond donors (Lipinski definition) is 2. The number of benzene rings is 1. The van der Waals surface area contributed by atoms with E-state index in [0.717, 1.165) is 42.6 Å². The van der Waals surface area contributed by atoms with Crippen molar-refractivity contribution in [2.24, 2.45) is 4.99 Å². The summed E-state index contributed by atoms with van der Waals surface area (Å²) in [6, 6.07) is 7.88. The summed E-state index contributed by atoms with van der Waals surface area (Å²) >= 11 is 0. The van der Waals surface area contributed by atoms with Crippen molar-refractivity contribution in [1.82, 2.24) is 30.3 Å². The van der Waals surface area contributed by atoms with E-state index in [1.807, 2.05) is 28.9 Å². The summed E-state index contributed by atoms with van der Waals surface area (Å²) in [6.45, 7) is 1.76. The molecule has 10 nitrogen and oxygen atoms in total. The number of halogens is 1. The minimum Gasteiger partial charge on any atom is -0.484 e. The fourth-order valence-corrected chi connectivity index (χ4v) is 3.26. The Bertz CT molecular complexity index is 917. The minimum atomic E-state index is -0.0782. The van der Waals surface area contributed by atoms with Gasteiger partial charge in [0.1, 0.15) is 18.2 Å². The first-order valence-corrected chi connectivity index (χ1v) is 10.3.